The fraction of sp³-hybridized carbons (Fsp3) is 0.643. The van der Waals surface area contributed by atoms with Crippen molar-refractivity contribution < 1.29 is 4.79 Å². The molecule has 0 aliphatic carbocycles. The van der Waals surface area contributed by atoms with Crippen molar-refractivity contribution in [1.29, 1.82) is 0 Å². The second-order valence-electron chi connectivity index (χ2n) is 4.92. The molecule has 2 heterocycles. The van der Waals surface area contributed by atoms with Crippen LogP contribution in [0.2, 0.25) is 0 Å². The standard InChI is InChI=1S/C14H22N2OS/c1-12(16-8-4-2-3-5-9-16)14(17)15-11-13-7-6-10-18-13/h6-7,10,12H,2-5,8-9,11H2,1H3,(H,15,17). The number of thiophene rings is 1. The lowest BCUT2D eigenvalue weighted by molar-refractivity contribution is -0.126. The van der Waals surface area contributed by atoms with E-state index in [0.29, 0.717) is 6.54 Å². The first kappa shape index (κ1) is 13.6. The van der Waals surface area contributed by atoms with E-state index in [4.69, 9.17) is 0 Å². The molecule has 100 valence electrons. The number of hydrogen-bond donors (Lipinski definition) is 1. The molecule has 0 radical (unpaired) electrons. The summed E-state index contributed by atoms with van der Waals surface area (Å²) < 4.78 is 0. The molecule has 1 aromatic heterocycles. The maximum Gasteiger partial charge on any atom is 0.237 e. The maximum atomic E-state index is 12.1. The first-order valence-corrected chi connectivity index (χ1v) is 7.69. The van der Waals surface area contributed by atoms with Gasteiger partial charge in [-0.05, 0) is 44.3 Å². The second-order valence-corrected chi connectivity index (χ2v) is 5.96. The van der Waals surface area contributed by atoms with E-state index in [1.54, 1.807) is 11.3 Å². The SMILES string of the molecule is CC(C(=O)NCc1cccs1)N1CCCCCC1. The van der Waals surface area contributed by atoms with E-state index < -0.39 is 0 Å². The van der Waals surface area contributed by atoms with Gasteiger partial charge < -0.3 is 5.32 Å². The fourth-order valence-electron chi connectivity index (χ4n) is 2.38. The molecule has 1 N–H and O–H groups in total. The molecule has 2 rings (SSSR count). The maximum absolute atomic E-state index is 12.1. The van der Waals surface area contributed by atoms with Gasteiger partial charge in [0, 0.05) is 4.88 Å². The third kappa shape index (κ3) is 3.82. The van der Waals surface area contributed by atoms with Gasteiger partial charge in [0.25, 0.3) is 0 Å². The predicted octanol–water partition coefficient (Wildman–Crippen LogP) is 2.63. The van der Waals surface area contributed by atoms with Crippen molar-refractivity contribution >= 4 is 17.2 Å². The summed E-state index contributed by atoms with van der Waals surface area (Å²) in [5, 5.41) is 5.07. The van der Waals surface area contributed by atoms with Gasteiger partial charge in [-0.3, -0.25) is 9.69 Å². The van der Waals surface area contributed by atoms with Crippen molar-refractivity contribution in [3.63, 3.8) is 0 Å². The van der Waals surface area contributed by atoms with Gasteiger partial charge >= 0.3 is 0 Å². The second kappa shape index (κ2) is 6.90. The van der Waals surface area contributed by atoms with E-state index in [1.807, 2.05) is 18.4 Å². The first-order chi connectivity index (χ1) is 8.77. The number of likely N-dealkylation sites (tertiary alicyclic amines) is 1. The van der Waals surface area contributed by atoms with Crippen molar-refractivity contribution in [1.82, 2.24) is 10.2 Å². The molecule has 1 unspecified atom stereocenters. The average molecular weight is 266 g/mol. The van der Waals surface area contributed by atoms with Crippen molar-refractivity contribution in [3.8, 4) is 0 Å². The molecule has 1 aliphatic rings. The number of carbonyl (C=O) groups is 1. The Morgan fingerprint density at radius 3 is 2.72 bits per heavy atom. The van der Waals surface area contributed by atoms with E-state index >= 15 is 0 Å². The summed E-state index contributed by atoms with van der Waals surface area (Å²) in [5.41, 5.74) is 0. The zero-order valence-electron chi connectivity index (χ0n) is 11.0. The van der Waals surface area contributed by atoms with Crippen LogP contribution in [0.25, 0.3) is 0 Å². The smallest absolute Gasteiger partial charge is 0.237 e. The van der Waals surface area contributed by atoms with E-state index in [2.05, 4.69) is 16.3 Å². The van der Waals surface area contributed by atoms with Crippen molar-refractivity contribution in [2.45, 2.75) is 45.2 Å². The van der Waals surface area contributed by atoms with E-state index in [9.17, 15) is 4.79 Å². The Bertz CT molecular complexity index is 356. The van der Waals surface area contributed by atoms with Crippen LogP contribution in [0.5, 0.6) is 0 Å². The lowest BCUT2D eigenvalue weighted by Gasteiger charge is -2.26. The van der Waals surface area contributed by atoms with E-state index in [1.165, 1.54) is 30.6 Å². The van der Waals surface area contributed by atoms with Gasteiger partial charge in [-0.1, -0.05) is 18.9 Å². The van der Waals surface area contributed by atoms with Crippen molar-refractivity contribution in [2.75, 3.05) is 13.1 Å². The van der Waals surface area contributed by atoms with Crippen LogP contribution in [0, 0.1) is 0 Å². The molecule has 0 aromatic carbocycles. The van der Waals surface area contributed by atoms with E-state index in [-0.39, 0.29) is 11.9 Å². The third-order valence-electron chi connectivity index (χ3n) is 3.58. The van der Waals surface area contributed by atoms with Crippen molar-refractivity contribution in [3.05, 3.63) is 22.4 Å². The Hall–Kier alpha value is -0.870. The zero-order chi connectivity index (χ0) is 12.8. The van der Waals surface area contributed by atoms with Crippen molar-refractivity contribution in [2.24, 2.45) is 0 Å². The van der Waals surface area contributed by atoms with Crippen LogP contribution < -0.4 is 5.32 Å². The highest BCUT2D eigenvalue weighted by Gasteiger charge is 2.21. The number of nitrogens with zero attached hydrogens (tertiary/aromatic N) is 1. The highest BCUT2D eigenvalue weighted by Crippen LogP contribution is 2.13. The summed E-state index contributed by atoms with van der Waals surface area (Å²) in [6, 6.07) is 4.08. The molecule has 0 saturated carbocycles. The molecule has 1 saturated heterocycles. The van der Waals surface area contributed by atoms with Gasteiger partial charge in [0.15, 0.2) is 0 Å². The van der Waals surface area contributed by atoms with Gasteiger partial charge in [0.05, 0.1) is 12.6 Å². The molecule has 1 fully saturated rings. The molecule has 0 spiro atoms. The summed E-state index contributed by atoms with van der Waals surface area (Å²) >= 11 is 1.69. The van der Waals surface area contributed by atoms with Crippen LogP contribution in [0.3, 0.4) is 0 Å². The number of carbonyl (C=O) groups excluding carboxylic acids is 1. The quantitative estimate of drug-likeness (QED) is 0.908. The molecule has 18 heavy (non-hydrogen) atoms. The highest BCUT2D eigenvalue weighted by atomic mass is 32.1. The molecule has 3 nitrogen and oxygen atoms in total. The van der Waals surface area contributed by atoms with Gasteiger partial charge in [0.2, 0.25) is 5.91 Å². The lowest BCUT2D eigenvalue weighted by Crippen LogP contribution is -2.45. The number of rotatable bonds is 4. The van der Waals surface area contributed by atoms with Crippen LogP contribution in [0.15, 0.2) is 17.5 Å². The van der Waals surface area contributed by atoms with Crippen LogP contribution in [0.1, 0.15) is 37.5 Å². The monoisotopic (exact) mass is 266 g/mol. The van der Waals surface area contributed by atoms with Gasteiger partial charge in [-0.2, -0.15) is 0 Å². The van der Waals surface area contributed by atoms with Crippen LogP contribution in [-0.4, -0.2) is 29.9 Å². The number of hydrogen-bond acceptors (Lipinski definition) is 3. The molecule has 1 aliphatic heterocycles. The molecule has 4 heteroatoms. The van der Waals surface area contributed by atoms with Crippen LogP contribution >= 0.6 is 11.3 Å². The minimum absolute atomic E-state index is 0.00284. The Morgan fingerprint density at radius 2 is 2.11 bits per heavy atom. The van der Waals surface area contributed by atoms with Crippen LogP contribution in [0.4, 0.5) is 0 Å². The highest BCUT2D eigenvalue weighted by molar-refractivity contribution is 7.09. The Kier molecular flexibility index (Phi) is 5.20. The predicted molar refractivity (Wildman–Crippen MR) is 75.7 cm³/mol. The Labute approximate surface area is 113 Å². The summed E-state index contributed by atoms with van der Waals surface area (Å²) in [5.74, 6) is 0.158. The fourth-order valence-corrected chi connectivity index (χ4v) is 3.03. The number of amides is 1. The topological polar surface area (TPSA) is 32.3 Å². The normalized spacial score (nSPS) is 19.2. The molecular formula is C14H22N2OS. The summed E-state index contributed by atoms with van der Waals surface area (Å²) in [6.07, 6.45) is 5.06. The third-order valence-corrected chi connectivity index (χ3v) is 4.46. The molecule has 0 bridgehead atoms. The summed E-state index contributed by atoms with van der Waals surface area (Å²) in [7, 11) is 0. The summed E-state index contributed by atoms with van der Waals surface area (Å²) in [6.45, 7) is 4.81. The largest absolute Gasteiger partial charge is 0.350 e. The minimum Gasteiger partial charge on any atom is -0.350 e. The first-order valence-electron chi connectivity index (χ1n) is 6.81. The van der Waals surface area contributed by atoms with Gasteiger partial charge in [-0.15, -0.1) is 11.3 Å². The van der Waals surface area contributed by atoms with Gasteiger partial charge in [0.1, 0.15) is 0 Å². The molecule has 1 atom stereocenters. The van der Waals surface area contributed by atoms with Crippen LogP contribution in [-0.2, 0) is 11.3 Å². The zero-order valence-corrected chi connectivity index (χ0v) is 11.8. The van der Waals surface area contributed by atoms with E-state index in [0.717, 1.165) is 13.1 Å². The molecular weight excluding hydrogens is 244 g/mol. The minimum atomic E-state index is 0.00284. The van der Waals surface area contributed by atoms with Gasteiger partial charge in [-0.25, -0.2) is 0 Å². The Balaban J connectivity index is 1.79. The Morgan fingerprint density at radius 1 is 1.39 bits per heavy atom. The molecule has 1 aromatic rings. The average Bonchev–Trinajstić information content (AvgIpc) is 2.75. The summed E-state index contributed by atoms with van der Waals surface area (Å²) in [4.78, 5) is 15.6. The number of nitrogens with one attached hydrogen (secondary N) is 1. The molecule has 1 amide bonds. The lowest BCUT2D eigenvalue weighted by atomic mass is 10.2.